The van der Waals surface area contributed by atoms with Gasteiger partial charge in [-0.25, -0.2) is 17.9 Å². The SMILES string of the molecule is CCNS(=O)(=O)c1cc(C(=O)O)ccc1NCCc1ccc(OC)c(OC)c1. The molecule has 3 N–H and O–H groups in total. The molecule has 0 heterocycles. The minimum absolute atomic E-state index is 0.0954. The topological polar surface area (TPSA) is 114 Å². The zero-order valence-corrected chi connectivity index (χ0v) is 16.8. The number of carboxylic acid groups (broad SMARTS) is 1. The Balaban J connectivity index is 2.21. The van der Waals surface area contributed by atoms with Crippen LogP contribution in [0.25, 0.3) is 0 Å². The average molecular weight is 408 g/mol. The van der Waals surface area contributed by atoms with Crippen molar-refractivity contribution in [3.63, 3.8) is 0 Å². The quantitative estimate of drug-likeness (QED) is 0.553. The first-order valence-corrected chi connectivity index (χ1v) is 10.1. The summed E-state index contributed by atoms with van der Waals surface area (Å²) in [6, 6.07) is 9.53. The molecule has 0 saturated carbocycles. The standard InChI is InChI=1S/C19H24N2O6S/c1-4-21-28(24,25)18-12-14(19(22)23)6-7-15(18)20-10-9-13-5-8-16(26-2)17(11-13)27-3/h5-8,11-12,20-21H,4,9-10H2,1-3H3,(H,22,23). The summed E-state index contributed by atoms with van der Waals surface area (Å²) in [5.41, 5.74) is 1.22. The van der Waals surface area contributed by atoms with E-state index in [1.54, 1.807) is 27.2 Å². The molecule has 0 aliphatic carbocycles. The van der Waals surface area contributed by atoms with Gasteiger partial charge in [-0.15, -0.1) is 0 Å². The van der Waals surface area contributed by atoms with Crippen molar-refractivity contribution in [3.8, 4) is 11.5 Å². The molecule has 152 valence electrons. The smallest absolute Gasteiger partial charge is 0.335 e. The summed E-state index contributed by atoms with van der Waals surface area (Å²) >= 11 is 0. The number of aromatic carboxylic acids is 1. The molecule has 0 amide bonds. The summed E-state index contributed by atoms with van der Waals surface area (Å²) in [6.45, 7) is 2.30. The highest BCUT2D eigenvalue weighted by Gasteiger charge is 2.20. The minimum atomic E-state index is -3.82. The molecule has 0 atom stereocenters. The van der Waals surface area contributed by atoms with Crippen molar-refractivity contribution in [2.24, 2.45) is 0 Å². The lowest BCUT2D eigenvalue weighted by Gasteiger charge is -2.14. The van der Waals surface area contributed by atoms with Gasteiger partial charge < -0.3 is 19.9 Å². The summed E-state index contributed by atoms with van der Waals surface area (Å²) in [4.78, 5) is 11.1. The molecule has 0 fully saturated rings. The van der Waals surface area contributed by atoms with E-state index in [2.05, 4.69) is 10.0 Å². The number of carbonyl (C=O) groups is 1. The molecule has 2 aromatic carbocycles. The van der Waals surface area contributed by atoms with Crippen molar-refractivity contribution in [2.45, 2.75) is 18.2 Å². The predicted molar refractivity (Wildman–Crippen MR) is 106 cm³/mol. The van der Waals surface area contributed by atoms with Gasteiger partial charge in [-0.3, -0.25) is 0 Å². The summed E-state index contributed by atoms with van der Waals surface area (Å²) in [5, 5.41) is 12.2. The molecule has 0 aliphatic heterocycles. The monoisotopic (exact) mass is 408 g/mol. The number of rotatable bonds is 10. The molecular weight excluding hydrogens is 384 g/mol. The normalized spacial score (nSPS) is 11.1. The van der Waals surface area contributed by atoms with E-state index in [1.807, 2.05) is 12.1 Å². The lowest BCUT2D eigenvalue weighted by molar-refractivity contribution is 0.0696. The number of hydrogen-bond acceptors (Lipinski definition) is 6. The number of benzene rings is 2. The maximum Gasteiger partial charge on any atom is 0.335 e. The van der Waals surface area contributed by atoms with Gasteiger partial charge in [0.15, 0.2) is 11.5 Å². The largest absolute Gasteiger partial charge is 0.493 e. The Morgan fingerprint density at radius 2 is 1.79 bits per heavy atom. The van der Waals surface area contributed by atoms with Crippen LogP contribution in [0.1, 0.15) is 22.8 Å². The van der Waals surface area contributed by atoms with E-state index in [0.717, 1.165) is 11.6 Å². The highest BCUT2D eigenvalue weighted by atomic mass is 32.2. The fraction of sp³-hybridized carbons (Fsp3) is 0.316. The molecule has 2 rings (SSSR count). The van der Waals surface area contributed by atoms with Crippen LogP contribution in [0.2, 0.25) is 0 Å². The molecule has 0 radical (unpaired) electrons. The second-order valence-corrected chi connectivity index (χ2v) is 7.62. The van der Waals surface area contributed by atoms with Crippen LogP contribution < -0.4 is 19.5 Å². The Bertz CT molecular complexity index is 943. The second-order valence-electron chi connectivity index (χ2n) is 5.88. The fourth-order valence-electron chi connectivity index (χ4n) is 2.67. The van der Waals surface area contributed by atoms with Gasteiger partial charge in [-0.2, -0.15) is 0 Å². The van der Waals surface area contributed by atoms with Gasteiger partial charge >= 0.3 is 5.97 Å². The molecule has 0 unspecified atom stereocenters. The van der Waals surface area contributed by atoms with Gasteiger partial charge in [-0.05, 0) is 42.3 Å². The van der Waals surface area contributed by atoms with Gasteiger partial charge in [0.25, 0.3) is 0 Å². The maximum absolute atomic E-state index is 12.4. The van der Waals surface area contributed by atoms with Crippen LogP contribution in [0.4, 0.5) is 5.69 Å². The van der Waals surface area contributed by atoms with E-state index in [1.165, 1.54) is 12.1 Å². The minimum Gasteiger partial charge on any atom is -0.493 e. The van der Waals surface area contributed by atoms with Crippen molar-refractivity contribution in [2.75, 3.05) is 32.6 Å². The zero-order chi connectivity index (χ0) is 20.7. The van der Waals surface area contributed by atoms with Gasteiger partial charge in [0.1, 0.15) is 4.90 Å². The van der Waals surface area contributed by atoms with Crippen molar-refractivity contribution in [1.82, 2.24) is 4.72 Å². The predicted octanol–water partition coefficient (Wildman–Crippen LogP) is 2.35. The van der Waals surface area contributed by atoms with Crippen molar-refractivity contribution >= 4 is 21.7 Å². The van der Waals surface area contributed by atoms with E-state index in [-0.39, 0.29) is 17.0 Å². The molecule has 0 spiro atoms. The first-order chi connectivity index (χ1) is 13.3. The molecule has 28 heavy (non-hydrogen) atoms. The first kappa shape index (κ1) is 21.5. The van der Waals surface area contributed by atoms with Crippen LogP contribution in [-0.2, 0) is 16.4 Å². The average Bonchev–Trinajstić information content (AvgIpc) is 2.67. The van der Waals surface area contributed by atoms with Gasteiger partial charge in [0, 0.05) is 13.1 Å². The lowest BCUT2D eigenvalue weighted by atomic mass is 10.1. The molecular formula is C19H24N2O6S. The fourth-order valence-corrected chi connectivity index (χ4v) is 3.92. The first-order valence-electron chi connectivity index (χ1n) is 8.64. The van der Waals surface area contributed by atoms with Crippen LogP contribution in [0.15, 0.2) is 41.3 Å². The van der Waals surface area contributed by atoms with E-state index >= 15 is 0 Å². The second kappa shape index (κ2) is 9.43. The van der Waals surface area contributed by atoms with E-state index in [0.29, 0.717) is 30.2 Å². The van der Waals surface area contributed by atoms with Crippen LogP contribution in [0.3, 0.4) is 0 Å². The molecule has 9 heteroatoms. The Kier molecular flexibility index (Phi) is 7.24. The number of ether oxygens (including phenoxy) is 2. The van der Waals surface area contributed by atoms with E-state index < -0.39 is 16.0 Å². The van der Waals surface area contributed by atoms with Crippen LogP contribution in [0.5, 0.6) is 11.5 Å². The summed E-state index contributed by atoms with van der Waals surface area (Å²) in [5.74, 6) is 0.0496. The number of sulfonamides is 1. The van der Waals surface area contributed by atoms with Gasteiger partial charge in [0.2, 0.25) is 10.0 Å². The van der Waals surface area contributed by atoms with Crippen LogP contribution in [-0.4, -0.2) is 46.8 Å². The third kappa shape index (κ3) is 5.14. The molecule has 0 aliphatic rings. The van der Waals surface area contributed by atoms with Gasteiger partial charge in [0.05, 0.1) is 25.5 Å². The third-order valence-electron chi connectivity index (χ3n) is 4.03. The highest BCUT2D eigenvalue weighted by molar-refractivity contribution is 7.89. The molecule has 0 aromatic heterocycles. The van der Waals surface area contributed by atoms with Crippen molar-refractivity contribution < 1.29 is 27.8 Å². The maximum atomic E-state index is 12.4. The number of anilines is 1. The van der Waals surface area contributed by atoms with Gasteiger partial charge in [-0.1, -0.05) is 13.0 Å². The Labute approximate surface area is 164 Å². The number of methoxy groups -OCH3 is 2. The Hall–Kier alpha value is -2.78. The summed E-state index contributed by atoms with van der Waals surface area (Å²) in [6.07, 6.45) is 0.599. The Morgan fingerprint density at radius 3 is 2.39 bits per heavy atom. The zero-order valence-electron chi connectivity index (χ0n) is 16.0. The molecule has 2 aromatic rings. The van der Waals surface area contributed by atoms with Crippen molar-refractivity contribution in [1.29, 1.82) is 0 Å². The third-order valence-corrected chi connectivity index (χ3v) is 5.62. The summed E-state index contributed by atoms with van der Waals surface area (Å²) < 4.78 is 37.8. The number of hydrogen-bond donors (Lipinski definition) is 3. The number of nitrogens with one attached hydrogen (secondary N) is 2. The highest BCUT2D eigenvalue weighted by Crippen LogP contribution is 2.28. The van der Waals surface area contributed by atoms with E-state index in [4.69, 9.17) is 14.6 Å². The van der Waals surface area contributed by atoms with Crippen molar-refractivity contribution in [3.05, 3.63) is 47.5 Å². The molecule has 0 saturated heterocycles. The lowest BCUT2D eigenvalue weighted by Crippen LogP contribution is -2.25. The van der Waals surface area contributed by atoms with Crippen LogP contribution in [0, 0.1) is 0 Å². The molecule has 0 bridgehead atoms. The van der Waals surface area contributed by atoms with E-state index in [9.17, 15) is 13.2 Å². The molecule has 8 nitrogen and oxygen atoms in total. The van der Waals surface area contributed by atoms with Crippen LogP contribution >= 0.6 is 0 Å². The number of carboxylic acids is 1. The summed E-state index contributed by atoms with van der Waals surface area (Å²) in [7, 11) is -0.705. The Morgan fingerprint density at radius 1 is 1.07 bits per heavy atom.